The number of alkyl halides is 2. The minimum absolute atomic E-state index is 0.0312. The Morgan fingerprint density at radius 3 is 2.43 bits per heavy atom. The van der Waals surface area contributed by atoms with Gasteiger partial charge in [0, 0.05) is 13.0 Å². The first kappa shape index (κ1) is 31.6. The van der Waals surface area contributed by atoms with Crippen molar-refractivity contribution in [1.82, 2.24) is 20.8 Å². The summed E-state index contributed by atoms with van der Waals surface area (Å²) in [6, 6.07) is -1.53. The Bertz CT molecular complexity index is 842. The van der Waals surface area contributed by atoms with Crippen molar-refractivity contribution in [3.8, 4) is 0 Å². The van der Waals surface area contributed by atoms with Crippen LogP contribution in [-0.2, 0) is 18.9 Å². The predicted octanol–water partition coefficient (Wildman–Crippen LogP) is 4.57. The summed E-state index contributed by atoms with van der Waals surface area (Å²) >= 11 is 0. The summed E-state index contributed by atoms with van der Waals surface area (Å²) in [6.45, 7) is 17.6. The lowest BCUT2D eigenvalue weighted by atomic mass is 10.1. The monoisotopic (exact) mass is 548 g/mol. The topological polar surface area (TPSA) is 92.4 Å². The second-order valence-electron chi connectivity index (χ2n) is 12.6. The van der Waals surface area contributed by atoms with E-state index in [0.29, 0.717) is 13.2 Å². The molecule has 1 fully saturated rings. The maximum absolute atomic E-state index is 14.1. The van der Waals surface area contributed by atoms with E-state index in [2.05, 4.69) is 44.8 Å². The number of halogens is 2. The number of ether oxygens (including phenoxy) is 1. The number of carbonyl (C=O) groups is 2. The summed E-state index contributed by atoms with van der Waals surface area (Å²) in [5, 5.41) is 0.0312. The highest BCUT2D eigenvalue weighted by atomic mass is 28.4. The Hall–Kier alpha value is -1.60. The third-order valence-electron chi connectivity index (χ3n) is 7.01. The molecule has 9 nitrogen and oxygen atoms in total. The molecule has 2 aliphatic rings. The van der Waals surface area contributed by atoms with Crippen molar-refractivity contribution in [1.29, 1.82) is 0 Å². The van der Waals surface area contributed by atoms with Crippen LogP contribution in [0.1, 0.15) is 67.7 Å². The Morgan fingerprint density at radius 2 is 1.84 bits per heavy atom. The SMILES string of the molecule is CC1=CCCCN(CNO[Si](C)(C)C(C)(C)C)[C@@H]1C(=O)NOC[C@@H]1CC(F)(F)CN1C(=O)OC(C)(C)C. The van der Waals surface area contributed by atoms with Crippen LogP contribution in [0.2, 0.25) is 18.1 Å². The van der Waals surface area contributed by atoms with Crippen LogP contribution in [0.15, 0.2) is 11.6 Å². The van der Waals surface area contributed by atoms with Gasteiger partial charge in [0.15, 0.2) is 0 Å². The van der Waals surface area contributed by atoms with Crippen molar-refractivity contribution in [2.45, 2.75) is 109 Å². The zero-order valence-electron chi connectivity index (χ0n) is 23.9. The van der Waals surface area contributed by atoms with Gasteiger partial charge in [-0.25, -0.2) is 24.5 Å². The summed E-state index contributed by atoms with van der Waals surface area (Å²) in [6.07, 6.45) is 2.36. The molecule has 0 bridgehead atoms. The van der Waals surface area contributed by atoms with Crippen LogP contribution in [0, 0.1) is 0 Å². The molecule has 0 radical (unpaired) electrons. The maximum atomic E-state index is 14.1. The normalized spacial score (nSPS) is 23.4. The average molecular weight is 549 g/mol. The number of amides is 2. The van der Waals surface area contributed by atoms with Crippen molar-refractivity contribution >= 4 is 20.3 Å². The van der Waals surface area contributed by atoms with Crippen molar-refractivity contribution < 1.29 is 32.5 Å². The number of nitrogens with one attached hydrogen (secondary N) is 2. The van der Waals surface area contributed by atoms with Crippen LogP contribution in [0.5, 0.6) is 0 Å². The van der Waals surface area contributed by atoms with Gasteiger partial charge >= 0.3 is 6.09 Å². The molecule has 2 N–H and O–H groups in total. The second kappa shape index (κ2) is 12.1. The van der Waals surface area contributed by atoms with Crippen molar-refractivity contribution in [3.05, 3.63) is 11.6 Å². The van der Waals surface area contributed by atoms with Crippen LogP contribution in [0.25, 0.3) is 0 Å². The molecule has 2 amide bonds. The van der Waals surface area contributed by atoms with Gasteiger partial charge in [-0.15, -0.1) is 0 Å². The number of hydrogen-bond acceptors (Lipinski definition) is 7. The van der Waals surface area contributed by atoms with Gasteiger partial charge in [0.1, 0.15) is 11.6 Å². The number of likely N-dealkylation sites (tertiary alicyclic amines) is 1. The van der Waals surface area contributed by atoms with Gasteiger partial charge in [-0.1, -0.05) is 32.4 Å². The molecule has 0 unspecified atom stereocenters. The molecule has 0 aromatic rings. The highest BCUT2D eigenvalue weighted by Crippen LogP contribution is 2.36. The Balaban J connectivity index is 1.99. The van der Waals surface area contributed by atoms with E-state index < -0.39 is 56.9 Å². The second-order valence-corrected chi connectivity index (χ2v) is 17.3. The quantitative estimate of drug-likeness (QED) is 0.261. The third kappa shape index (κ3) is 9.27. The molecule has 12 heteroatoms. The van der Waals surface area contributed by atoms with Gasteiger partial charge in [-0.05, 0) is 58.7 Å². The van der Waals surface area contributed by atoms with Crippen molar-refractivity contribution in [3.63, 3.8) is 0 Å². The number of rotatable bonds is 8. The van der Waals surface area contributed by atoms with Crippen molar-refractivity contribution in [2.75, 3.05) is 26.4 Å². The summed E-state index contributed by atoms with van der Waals surface area (Å²) in [4.78, 5) is 34.0. The molecule has 0 aromatic heterocycles. The number of hydrogen-bond donors (Lipinski definition) is 2. The molecule has 1 saturated heterocycles. The van der Waals surface area contributed by atoms with Gasteiger partial charge in [0.05, 0.1) is 25.9 Å². The largest absolute Gasteiger partial charge is 0.444 e. The van der Waals surface area contributed by atoms with Gasteiger partial charge in [-0.3, -0.25) is 19.4 Å². The molecule has 2 atom stereocenters. The van der Waals surface area contributed by atoms with Crippen molar-refractivity contribution in [2.24, 2.45) is 0 Å². The van der Waals surface area contributed by atoms with Gasteiger partial charge < -0.3 is 9.26 Å². The van der Waals surface area contributed by atoms with E-state index in [0.717, 1.165) is 23.3 Å². The van der Waals surface area contributed by atoms with E-state index in [1.165, 1.54) is 0 Å². The summed E-state index contributed by atoms with van der Waals surface area (Å²) in [5.41, 5.74) is 5.56. The highest BCUT2D eigenvalue weighted by molar-refractivity contribution is 6.74. The summed E-state index contributed by atoms with van der Waals surface area (Å²) < 4.78 is 39.6. The number of carbonyl (C=O) groups excluding carboxylic acids is 2. The number of allylic oxidation sites excluding steroid dienone is 1. The molecule has 214 valence electrons. The van der Waals surface area contributed by atoms with Crippen LogP contribution in [0.3, 0.4) is 0 Å². The Morgan fingerprint density at radius 1 is 1.19 bits per heavy atom. The number of nitrogens with zero attached hydrogens (tertiary/aromatic N) is 2. The standard InChI is InChI=1S/C25H46F2N4O5Si/c1-18-12-10-11-13-30(17-28-36-37(8,9)24(5,6)7)20(18)21(32)29-34-15-19-14-25(26,27)16-31(19)22(33)35-23(2,3)4/h12,19-20,28H,10-11,13-17H2,1-9H3,(H,29,32)/t19-,20-/m0/s1. The molecule has 2 rings (SSSR count). The molecule has 0 saturated carbocycles. The first-order valence-electron chi connectivity index (χ1n) is 12.9. The predicted molar refractivity (Wildman–Crippen MR) is 140 cm³/mol. The lowest BCUT2D eigenvalue weighted by Gasteiger charge is -2.37. The fourth-order valence-electron chi connectivity index (χ4n) is 3.99. The fourth-order valence-corrected chi connectivity index (χ4v) is 4.72. The Labute approximate surface area is 221 Å². The first-order valence-corrected chi connectivity index (χ1v) is 15.8. The third-order valence-corrected chi connectivity index (χ3v) is 11.3. The van der Waals surface area contributed by atoms with Gasteiger partial charge in [-0.2, -0.15) is 0 Å². The van der Waals surface area contributed by atoms with E-state index in [-0.39, 0.29) is 11.6 Å². The minimum atomic E-state index is -3.05. The van der Waals surface area contributed by atoms with E-state index in [1.807, 2.05) is 17.9 Å². The molecule has 0 spiro atoms. The minimum Gasteiger partial charge on any atom is -0.444 e. The van der Waals surface area contributed by atoms with Crippen LogP contribution in [-0.4, -0.2) is 80.1 Å². The van der Waals surface area contributed by atoms with E-state index >= 15 is 0 Å². The molecule has 37 heavy (non-hydrogen) atoms. The molecular weight excluding hydrogens is 502 g/mol. The highest BCUT2D eigenvalue weighted by Gasteiger charge is 2.48. The number of hydroxylamine groups is 2. The molecule has 0 aromatic carbocycles. The van der Waals surface area contributed by atoms with Gasteiger partial charge in [0.2, 0.25) is 8.32 Å². The lowest BCUT2D eigenvalue weighted by molar-refractivity contribution is -0.139. The van der Waals surface area contributed by atoms with E-state index in [9.17, 15) is 18.4 Å². The van der Waals surface area contributed by atoms with E-state index in [4.69, 9.17) is 14.1 Å². The zero-order chi connectivity index (χ0) is 28.2. The van der Waals surface area contributed by atoms with Crippen LogP contribution >= 0.6 is 0 Å². The molecule has 2 aliphatic heterocycles. The Kier molecular flexibility index (Phi) is 10.3. The van der Waals surface area contributed by atoms with Gasteiger partial charge in [0.25, 0.3) is 11.8 Å². The molecular formula is C25H46F2N4O5Si. The van der Waals surface area contributed by atoms with Crippen LogP contribution < -0.4 is 11.0 Å². The maximum Gasteiger partial charge on any atom is 0.410 e. The average Bonchev–Trinajstić information content (AvgIpc) is 2.90. The lowest BCUT2D eigenvalue weighted by Crippen LogP contribution is -2.53. The summed E-state index contributed by atoms with van der Waals surface area (Å²) in [5.74, 6) is -3.46. The smallest absolute Gasteiger partial charge is 0.410 e. The van der Waals surface area contributed by atoms with Crippen LogP contribution in [0.4, 0.5) is 13.6 Å². The fraction of sp³-hybridized carbons (Fsp3) is 0.840. The molecule has 0 aliphatic carbocycles. The first-order chi connectivity index (χ1) is 16.8. The van der Waals surface area contributed by atoms with E-state index in [1.54, 1.807) is 20.8 Å². The zero-order valence-corrected chi connectivity index (χ0v) is 24.9. The summed E-state index contributed by atoms with van der Waals surface area (Å²) in [7, 11) is -2.03. The molecule has 2 heterocycles.